The van der Waals surface area contributed by atoms with Gasteiger partial charge in [0.25, 0.3) is 11.8 Å². The molecule has 1 unspecified atom stereocenters. The van der Waals surface area contributed by atoms with E-state index in [-0.39, 0.29) is 17.7 Å². The average molecular weight is 428 g/mol. The maximum Gasteiger partial charge on any atom is 0.253 e. The highest BCUT2D eigenvalue weighted by molar-refractivity contribution is 5.95. The van der Waals surface area contributed by atoms with Gasteiger partial charge in [0.15, 0.2) is 0 Å². The summed E-state index contributed by atoms with van der Waals surface area (Å²) in [5, 5.41) is 2.96. The molecule has 5 nitrogen and oxygen atoms in total. The number of piperidine rings is 1. The maximum absolute atomic E-state index is 13.0. The lowest BCUT2D eigenvalue weighted by Crippen LogP contribution is -2.39. The molecule has 1 N–H and O–H groups in total. The van der Waals surface area contributed by atoms with Crippen molar-refractivity contribution in [3.05, 3.63) is 101 Å². The monoisotopic (exact) mass is 427 g/mol. The quantitative estimate of drug-likeness (QED) is 0.626. The van der Waals surface area contributed by atoms with Gasteiger partial charge in [-0.1, -0.05) is 37.3 Å². The average Bonchev–Trinajstić information content (AvgIpc) is 2.87. The highest BCUT2D eigenvalue weighted by atomic mass is 16.2. The summed E-state index contributed by atoms with van der Waals surface area (Å²) in [4.78, 5) is 31.7. The smallest absolute Gasteiger partial charge is 0.253 e. The first-order chi connectivity index (χ1) is 15.6. The Morgan fingerprint density at radius 3 is 2.62 bits per heavy atom. The van der Waals surface area contributed by atoms with Gasteiger partial charge in [-0.05, 0) is 66.3 Å². The van der Waals surface area contributed by atoms with Crippen LogP contribution in [0, 0.1) is 0 Å². The molecular formula is C27H29N3O2. The van der Waals surface area contributed by atoms with Gasteiger partial charge in [0.1, 0.15) is 0 Å². The molecule has 4 rings (SSSR count). The molecule has 1 aliphatic heterocycles. The van der Waals surface area contributed by atoms with E-state index in [2.05, 4.69) is 23.3 Å². The van der Waals surface area contributed by atoms with Crippen molar-refractivity contribution < 1.29 is 9.59 Å². The number of nitrogens with zero attached hydrogens (tertiary/aromatic N) is 2. The number of pyridine rings is 1. The van der Waals surface area contributed by atoms with Gasteiger partial charge in [-0.25, -0.2) is 0 Å². The molecule has 0 radical (unpaired) electrons. The minimum absolute atomic E-state index is 0.0859. The van der Waals surface area contributed by atoms with Crippen molar-refractivity contribution >= 4 is 11.8 Å². The molecule has 0 bridgehead atoms. The maximum atomic E-state index is 13.0. The molecule has 0 saturated carbocycles. The number of carbonyl (C=O) groups is 2. The Kier molecular flexibility index (Phi) is 6.95. The lowest BCUT2D eigenvalue weighted by atomic mass is 9.89. The first-order valence-corrected chi connectivity index (χ1v) is 11.3. The van der Waals surface area contributed by atoms with Crippen molar-refractivity contribution in [1.82, 2.24) is 15.2 Å². The Balaban J connectivity index is 1.41. The van der Waals surface area contributed by atoms with E-state index in [1.165, 1.54) is 5.56 Å². The van der Waals surface area contributed by atoms with Crippen molar-refractivity contribution in [3.63, 3.8) is 0 Å². The Morgan fingerprint density at radius 1 is 1.03 bits per heavy atom. The van der Waals surface area contributed by atoms with Crippen LogP contribution >= 0.6 is 0 Å². The van der Waals surface area contributed by atoms with E-state index in [0.29, 0.717) is 18.7 Å². The number of hydrogen-bond donors (Lipinski definition) is 1. The summed E-state index contributed by atoms with van der Waals surface area (Å²) in [6.45, 7) is 4.00. The van der Waals surface area contributed by atoms with E-state index in [1.807, 2.05) is 59.5 Å². The van der Waals surface area contributed by atoms with Crippen LogP contribution in [0.15, 0.2) is 73.1 Å². The summed E-state index contributed by atoms with van der Waals surface area (Å²) in [5.74, 6) is 0.215. The van der Waals surface area contributed by atoms with E-state index in [9.17, 15) is 9.59 Å². The number of nitrogens with one attached hydrogen (secondary N) is 1. The van der Waals surface area contributed by atoms with E-state index in [1.54, 1.807) is 12.4 Å². The molecule has 1 fully saturated rings. The molecule has 32 heavy (non-hydrogen) atoms. The van der Waals surface area contributed by atoms with Crippen LogP contribution in [0.1, 0.15) is 63.1 Å². The molecule has 1 atom stereocenters. The predicted molar refractivity (Wildman–Crippen MR) is 126 cm³/mol. The summed E-state index contributed by atoms with van der Waals surface area (Å²) in [6.07, 6.45) is 6.40. The molecule has 1 aliphatic rings. The number of aryl methyl sites for hydroxylation is 1. The zero-order chi connectivity index (χ0) is 22.3. The van der Waals surface area contributed by atoms with E-state index >= 15 is 0 Å². The fourth-order valence-electron chi connectivity index (χ4n) is 4.22. The van der Waals surface area contributed by atoms with Gasteiger partial charge in [0.05, 0.1) is 0 Å². The molecule has 0 spiro atoms. The molecular weight excluding hydrogens is 398 g/mol. The molecule has 2 amide bonds. The van der Waals surface area contributed by atoms with Gasteiger partial charge < -0.3 is 10.2 Å². The fraction of sp³-hybridized carbons (Fsp3) is 0.296. The Morgan fingerprint density at radius 2 is 1.88 bits per heavy atom. The van der Waals surface area contributed by atoms with E-state index < -0.39 is 0 Å². The molecule has 1 saturated heterocycles. The minimum Gasteiger partial charge on any atom is -0.348 e. The number of aromatic nitrogens is 1. The zero-order valence-corrected chi connectivity index (χ0v) is 18.5. The highest BCUT2D eigenvalue weighted by Crippen LogP contribution is 2.28. The van der Waals surface area contributed by atoms with Gasteiger partial charge >= 0.3 is 0 Å². The van der Waals surface area contributed by atoms with Crippen molar-refractivity contribution in [2.45, 2.75) is 38.6 Å². The lowest BCUT2D eigenvalue weighted by molar-refractivity contribution is 0.0706. The Bertz CT molecular complexity index is 1060. The molecule has 2 heterocycles. The molecule has 3 aromatic rings. The first kappa shape index (κ1) is 21.8. The molecule has 0 aliphatic carbocycles. The summed E-state index contributed by atoms with van der Waals surface area (Å²) in [5.41, 5.74) is 4.69. The van der Waals surface area contributed by atoms with Crippen molar-refractivity contribution in [3.8, 4) is 0 Å². The number of carbonyl (C=O) groups excluding carboxylic acids is 2. The number of rotatable bonds is 6. The zero-order valence-electron chi connectivity index (χ0n) is 18.5. The topological polar surface area (TPSA) is 62.3 Å². The number of amides is 2. The second-order valence-electron chi connectivity index (χ2n) is 8.31. The Hall–Kier alpha value is -3.47. The number of benzene rings is 2. The third-order valence-corrected chi connectivity index (χ3v) is 6.11. The van der Waals surface area contributed by atoms with Crippen LogP contribution in [0.2, 0.25) is 0 Å². The van der Waals surface area contributed by atoms with Crippen LogP contribution in [-0.4, -0.2) is 34.8 Å². The third-order valence-electron chi connectivity index (χ3n) is 6.11. The highest BCUT2D eigenvalue weighted by Gasteiger charge is 2.26. The first-order valence-electron chi connectivity index (χ1n) is 11.3. The summed E-state index contributed by atoms with van der Waals surface area (Å²) >= 11 is 0. The summed E-state index contributed by atoms with van der Waals surface area (Å²) < 4.78 is 0. The third kappa shape index (κ3) is 5.22. The lowest BCUT2D eigenvalue weighted by Gasteiger charge is -2.33. The van der Waals surface area contributed by atoms with Crippen molar-refractivity contribution in [2.24, 2.45) is 0 Å². The Labute approximate surface area is 189 Å². The van der Waals surface area contributed by atoms with Crippen LogP contribution < -0.4 is 5.32 Å². The second kappa shape index (κ2) is 10.2. The van der Waals surface area contributed by atoms with E-state index in [4.69, 9.17) is 0 Å². The second-order valence-corrected chi connectivity index (χ2v) is 8.31. The largest absolute Gasteiger partial charge is 0.348 e. The van der Waals surface area contributed by atoms with Gasteiger partial charge in [0.2, 0.25) is 0 Å². The summed E-state index contributed by atoms with van der Waals surface area (Å²) in [7, 11) is 0. The normalized spacial score (nSPS) is 15.9. The van der Waals surface area contributed by atoms with Crippen molar-refractivity contribution in [2.75, 3.05) is 13.1 Å². The van der Waals surface area contributed by atoms with Crippen LogP contribution in [-0.2, 0) is 13.0 Å². The SMILES string of the molecule is CCc1ccc(C(=O)N2CCCC(c3cccc(C(=O)NCc4cccnc4)c3)C2)cc1. The van der Waals surface area contributed by atoms with Crippen LogP contribution in [0.25, 0.3) is 0 Å². The molecule has 164 valence electrons. The standard InChI is InChI=1S/C27H29N3O2/c1-2-20-10-12-22(13-11-20)27(32)30-15-5-9-25(19-30)23-7-3-8-24(16-23)26(31)29-18-21-6-4-14-28-17-21/h3-4,6-8,10-14,16-17,25H,2,5,9,15,18-19H2,1H3,(H,29,31). The van der Waals surface area contributed by atoms with Gasteiger partial charge in [-0.2, -0.15) is 0 Å². The van der Waals surface area contributed by atoms with Gasteiger partial charge in [-0.15, -0.1) is 0 Å². The van der Waals surface area contributed by atoms with Gasteiger partial charge in [-0.3, -0.25) is 14.6 Å². The minimum atomic E-state index is -0.101. The van der Waals surface area contributed by atoms with Crippen molar-refractivity contribution in [1.29, 1.82) is 0 Å². The van der Waals surface area contributed by atoms with E-state index in [0.717, 1.165) is 42.5 Å². The predicted octanol–water partition coefficient (Wildman–Crippen LogP) is 4.59. The number of hydrogen-bond acceptors (Lipinski definition) is 3. The van der Waals surface area contributed by atoms with Crippen LogP contribution in [0.4, 0.5) is 0 Å². The van der Waals surface area contributed by atoms with Gasteiger partial charge in [0, 0.05) is 49.1 Å². The fourth-order valence-corrected chi connectivity index (χ4v) is 4.22. The van der Waals surface area contributed by atoms with Crippen LogP contribution in [0.3, 0.4) is 0 Å². The molecule has 2 aromatic carbocycles. The molecule has 1 aromatic heterocycles. The number of likely N-dealkylation sites (tertiary alicyclic amines) is 1. The van der Waals surface area contributed by atoms with Crippen LogP contribution in [0.5, 0.6) is 0 Å². The summed E-state index contributed by atoms with van der Waals surface area (Å²) in [6, 6.07) is 19.5. The molecule has 5 heteroatoms.